The number of thioether (sulfide) groups is 1. The molecule has 2 aromatic carbocycles. The Morgan fingerprint density at radius 1 is 1.24 bits per heavy atom. The highest BCUT2D eigenvalue weighted by Crippen LogP contribution is 2.35. The summed E-state index contributed by atoms with van der Waals surface area (Å²) in [5.41, 5.74) is -0.173. The molecule has 0 saturated carbocycles. The van der Waals surface area contributed by atoms with Gasteiger partial charge in [-0.05, 0) is 60.3 Å². The molecule has 37 heavy (non-hydrogen) atoms. The Labute approximate surface area is 221 Å². The third kappa shape index (κ3) is 6.33. The Balaban J connectivity index is 1.54. The average molecular weight is 547 g/mol. The molecule has 0 aromatic heterocycles. The number of benzene rings is 2. The molecule has 0 unspecified atom stereocenters. The lowest BCUT2D eigenvalue weighted by Gasteiger charge is -2.32. The van der Waals surface area contributed by atoms with E-state index in [-0.39, 0.29) is 34.3 Å². The summed E-state index contributed by atoms with van der Waals surface area (Å²) in [6, 6.07) is 10.1. The number of nitriles is 1. The SMILES string of the molecule is CN1CCN(C2=NC(=O)/C(=C/c3ccc(NCc4ccc(Cl)cc4C(F)(F)F)c(C(=N)C#N)c3)S2)CC1. The van der Waals surface area contributed by atoms with Gasteiger partial charge in [-0.25, -0.2) is 0 Å². The fraction of sp³-hybridized carbons (Fsp3) is 0.280. The number of rotatable bonds is 5. The van der Waals surface area contributed by atoms with E-state index in [9.17, 15) is 23.2 Å². The first-order chi connectivity index (χ1) is 17.5. The van der Waals surface area contributed by atoms with Gasteiger partial charge in [0.15, 0.2) is 5.17 Å². The van der Waals surface area contributed by atoms with Crippen molar-refractivity contribution in [2.75, 3.05) is 38.5 Å². The normalized spacial score (nSPS) is 17.6. The summed E-state index contributed by atoms with van der Waals surface area (Å²) in [5.74, 6) is -0.361. The molecule has 12 heteroatoms. The molecule has 2 aliphatic rings. The highest BCUT2D eigenvalue weighted by Gasteiger charge is 2.33. The maximum atomic E-state index is 13.4. The molecule has 2 N–H and O–H groups in total. The van der Waals surface area contributed by atoms with Crippen molar-refractivity contribution >= 4 is 51.9 Å². The smallest absolute Gasteiger partial charge is 0.380 e. The van der Waals surface area contributed by atoms with E-state index < -0.39 is 11.7 Å². The summed E-state index contributed by atoms with van der Waals surface area (Å²) in [7, 11) is 2.04. The van der Waals surface area contributed by atoms with E-state index in [0.29, 0.717) is 21.3 Å². The third-order valence-electron chi connectivity index (χ3n) is 5.95. The van der Waals surface area contributed by atoms with Gasteiger partial charge < -0.3 is 15.1 Å². The van der Waals surface area contributed by atoms with Crippen molar-refractivity contribution in [3.8, 4) is 6.07 Å². The molecule has 1 amide bonds. The van der Waals surface area contributed by atoms with E-state index in [1.54, 1.807) is 30.3 Å². The number of anilines is 1. The fourth-order valence-electron chi connectivity index (χ4n) is 3.91. The van der Waals surface area contributed by atoms with Crippen molar-refractivity contribution in [1.29, 1.82) is 10.7 Å². The van der Waals surface area contributed by atoms with Crippen LogP contribution in [-0.2, 0) is 17.5 Å². The standard InChI is InChI=1S/C25H22ClF3N6OS/c1-34-6-8-35(9-7-34)24-33-23(36)22(37-24)11-15-2-5-21(18(10-15)20(31)13-30)32-14-16-3-4-17(26)12-19(16)25(27,28)29/h2-5,10-12,31-32H,6-9,14H2,1H3/b22-11-,31-20?. The van der Waals surface area contributed by atoms with Gasteiger partial charge >= 0.3 is 6.18 Å². The van der Waals surface area contributed by atoms with Crippen LogP contribution in [0.1, 0.15) is 22.3 Å². The van der Waals surface area contributed by atoms with Crippen LogP contribution in [0, 0.1) is 16.7 Å². The second-order valence-electron chi connectivity index (χ2n) is 8.55. The number of nitrogens with one attached hydrogen (secondary N) is 2. The van der Waals surface area contributed by atoms with Crippen molar-refractivity contribution in [2.24, 2.45) is 4.99 Å². The molecule has 0 aliphatic carbocycles. The molecule has 2 aliphatic heterocycles. The minimum Gasteiger partial charge on any atom is -0.380 e. The first-order valence-corrected chi connectivity index (χ1v) is 12.4. The van der Waals surface area contributed by atoms with Crippen molar-refractivity contribution in [3.63, 3.8) is 0 Å². The second-order valence-corrected chi connectivity index (χ2v) is 9.99. The van der Waals surface area contributed by atoms with Crippen LogP contribution in [0.2, 0.25) is 5.02 Å². The summed E-state index contributed by atoms with van der Waals surface area (Å²) < 4.78 is 40.3. The second kappa shape index (κ2) is 11.0. The zero-order chi connectivity index (χ0) is 26.7. The Morgan fingerprint density at radius 2 is 1.97 bits per heavy atom. The number of nitrogens with zero attached hydrogens (tertiary/aromatic N) is 4. The maximum Gasteiger partial charge on any atom is 0.416 e. The Kier molecular flexibility index (Phi) is 7.92. The van der Waals surface area contributed by atoms with Gasteiger partial charge in [0.25, 0.3) is 5.91 Å². The molecule has 0 spiro atoms. The van der Waals surface area contributed by atoms with Crippen LogP contribution in [0.25, 0.3) is 6.08 Å². The zero-order valence-corrected chi connectivity index (χ0v) is 21.3. The van der Waals surface area contributed by atoms with Crippen molar-refractivity contribution in [2.45, 2.75) is 12.7 Å². The quantitative estimate of drug-likeness (QED) is 0.401. The van der Waals surface area contributed by atoms with Gasteiger partial charge in [0, 0.05) is 49.0 Å². The highest BCUT2D eigenvalue weighted by atomic mass is 35.5. The number of carbonyl (C=O) groups excluding carboxylic acids is 1. The van der Waals surface area contributed by atoms with Crippen LogP contribution in [0.5, 0.6) is 0 Å². The summed E-state index contributed by atoms with van der Waals surface area (Å²) in [4.78, 5) is 21.4. The van der Waals surface area contributed by atoms with Gasteiger partial charge in [-0.3, -0.25) is 10.2 Å². The number of alkyl halides is 3. The number of amidine groups is 1. The van der Waals surface area contributed by atoms with Gasteiger partial charge in [-0.1, -0.05) is 23.7 Å². The van der Waals surface area contributed by atoms with Crippen LogP contribution in [0.4, 0.5) is 18.9 Å². The highest BCUT2D eigenvalue weighted by molar-refractivity contribution is 8.18. The predicted octanol–water partition coefficient (Wildman–Crippen LogP) is 5.08. The molecule has 0 bridgehead atoms. The minimum absolute atomic E-state index is 0.0282. The monoisotopic (exact) mass is 546 g/mol. The number of hydrogen-bond donors (Lipinski definition) is 2. The van der Waals surface area contributed by atoms with Gasteiger partial charge in [0.2, 0.25) is 0 Å². The predicted molar refractivity (Wildman–Crippen MR) is 140 cm³/mol. The van der Waals surface area contributed by atoms with Gasteiger partial charge in [-0.15, -0.1) is 0 Å². The van der Waals surface area contributed by atoms with E-state index in [2.05, 4.69) is 20.1 Å². The van der Waals surface area contributed by atoms with Crippen LogP contribution >= 0.6 is 23.4 Å². The van der Waals surface area contributed by atoms with Crippen molar-refractivity contribution in [1.82, 2.24) is 9.80 Å². The molecule has 1 fully saturated rings. The van der Waals surface area contributed by atoms with Crippen molar-refractivity contribution in [3.05, 3.63) is 68.6 Å². The van der Waals surface area contributed by atoms with Crippen LogP contribution < -0.4 is 5.32 Å². The fourth-order valence-corrected chi connectivity index (χ4v) is 5.05. The number of likely N-dealkylation sites (N-methyl/N-ethyl adjacent to an activating group) is 1. The largest absolute Gasteiger partial charge is 0.416 e. The number of amides is 1. The third-order valence-corrected chi connectivity index (χ3v) is 7.23. The minimum atomic E-state index is -4.59. The number of aliphatic imine (C=N–C) groups is 1. The Morgan fingerprint density at radius 3 is 2.65 bits per heavy atom. The zero-order valence-electron chi connectivity index (χ0n) is 19.7. The molecule has 1 saturated heterocycles. The van der Waals surface area contributed by atoms with Crippen molar-refractivity contribution < 1.29 is 18.0 Å². The molecule has 192 valence electrons. The molecule has 4 rings (SSSR count). The van der Waals surface area contributed by atoms with Gasteiger partial charge in [-0.2, -0.15) is 23.4 Å². The van der Waals surface area contributed by atoms with Crippen LogP contribution in [0.3, 0.4) is 0 Å². The Bertz CT molecular complexity index is 1340. The summed E-state index contributed by atoms with van der Waals surface area (Å²) >= 11 is 7.03. The lowest BCUT2D eigenvalue weighted by atomic mass is 10.0. The molecule has 2 aromatic rings. The average Bonchev–Trinajstić information content (AvgIpc) is 3.22. The molecular weight excluding hydrogens is 525 g/mol. The van der Waals surface area contributed by atoms with E-state index in [1.165, 1.54) is 23.9 Å². The molecule has 0 atom stereocenters. The lowest BCUT2D eigenvalue weighted by Crippen LogP contribution is -2.46. The topological polar surface area (TPSA) is 95.6 Å². The van der Waals surface area contributed by atoms with Gasteiger partial charge in [0.05, 0.1) is 10.5 Å². The molecule has 2 heterocycles. The summed E-state index contributed by atoms with van der Waals surface area (Å²) in [6.07, 6.45) is -2.95. The maximum absolute atomic E-state index is 13.4. The summed E-state index contributed by atoms with van der Waals surface area (Å²) in [6.45, 7) is 3.10. The number of carbonyl (C=O) groups is 1. The molecule has 0 radical (unpaired) electrons. The molecular formula is C25H22ClF3N6OS. The van der Waals surface area contributed by atoms with E-state index in [0.717, 1.165) is 32.2 Å². The lowest BCUT2D eigenvalue weighted by molar-refractivity contribution is -0.138. The number of hydrogen-bond acceptors (Lipinski definition) is 7. The number of piperazine rings is 1. The first kappa shape index (κ1) is 26.7. The van der Waals surface area contributed by atoms with E-state index >= 15 is 0 Å². The van der Waals surface area contributed by atoms with E-state index in [4.69, 9.17) is 17.0 Å². The van der Waals surface area contributed by atoms with Crippen LogP contribution in [0.15, 0.2) is 46.3 Å². The van der Waals surface area contributed by atoms with E-state index in [1.807, 2.05) is 7.05 Å². The van der Waals surface area contributed by atoms with Crippen LogP contribution in [-0.4, -0.2) is 59.8 Å². The first-order valence-electron chi connectivity index (χ1n) is 11.2. The summed E-state index contributed by atoms with van der Waals surface area (Å²) in [5, 5.41) is 20.9. The number of halogens is 4. The Hall–Kier alpha value is -3.33. The molecule has 7 nitrogen and oxygen atoms in total. The van der Waals surface area contributed by atoms with Gasteiger partial charge in [0.1, 0.15) is 11.8 Å².